The van der Waals surface area contributed by atoms with Gasteiger partial charge in [0.15, 0.2) is 0 Å². The highest BCUT2D eigenvalue weighted by Gasteiger charge is 2.33. The number of aryl methyl sites for hydroxylation is 1. The molecule has 0 unspecified atom stereocenters. The first kappa shape index (κ1) is 18.0. The van der Waals surface area contributed by atoms with Crippen molar-refractivity contribution in [2.45, 2.75) is 13.1 Å². The van der Waals surface area contributed by atoms with Crippen molar-refractivity contribution in [3.05, 3.63) is 58.6 Å². The smallest absolute Gasteiger partial charge is 0.418 e. The molecule has 0 saturated heterocycles. The number of alkyl halides is 3. The number of hydrogen-bond acceptors (Lipinski definition) is 4. The third kappa shape index (κ3) is 3.43. The van der Waals surface area contributed by atoms with E-state index in [4.69, 9.17) is 17.3 Å². The lowest BCUT2D eigenvalue weighted by atomic mass is 10.0. The van der Waals surface area contributed by atoms with Crippen molar-refractivity contribution in [1.29, 1.82) is 0 Å². The molecule has 0 saturated carbocycles. The van der Waals surface area contributed by atoms with E-state index in [0.717, 1.165) is 23.8 Å². The highest BCUT2D eigenvalue weighted by molar-refractivity contribution is 6.30. The van der Waals surface area contributed by atoms with Gasteiger partial charge in [0.2, 0.25) is 0 Å². The van der Waals surface area contributed by atoms with E-state index in [9.17, 15) is 18.3 Å². The topological polar surface area (TPSA) is 71.0 Å². The Balaban J connectivity index is 2.19. The Morgan fingerprint density at radius 1 is 1.04 bits per heavy atom. The molecule has 3 rings (SSSR count). The summed E-state index contributed by atoms with van der Waals surface area (Å²) in [6.45, 7) is 1.80. The lowest BCUT2D eigenvalue weighted by Gasteiger charge is -2.10. The van der Waals surface area contributed by atoms with Crippen LogP contribution in [0.25, 0.3) is 10.8 Å². The van der Waals surface area contributed by atoms with Crippen molar-refractivity contribution < 1.29 is 18.3 Å². The average molecular weight is 380 g/mol. The van der Waals surface area contributed by atoms with Crippen LogP contribution in [0.15, 0.2) is 52.7 Å². The molecule has 0 fully saturated rings. The fourth-order valence-electron chi connectivity index (χ4n) is 2.63. The molecule has 26 heavy (non-hydrogen) atoms. The first-order chi connectivity index (χ1) is 12.2. The van der Waals surface area contributed by atoms with E-state index in [2.05, 4.69) is 10.2 Å². The lowest BCUT2D eigenvalue weighted by Crippen LogP contribution is -2.04. The molecule has 0 atom stereocenters. The van der Waals surface area contributed by atoms with Crippen LogP contribution in [0, 0.1) is 6.92 Å². The number of nitrogens with zero attached hydrogens (tertiary/aromatic N) is 2. The van der Waals surface area contributed by atoms with Gasteiger partial charge in [-0.05, 0) is 48.2 Å². The molecule has 8 heteroatoms. The Labute approximate surface area is 151 Å². The van der Waals surface area contributed by atoms with Crippen LogP contribution in [0.3, 0.4) is 0 Å². The number of fused-ring (bicyclic) bond motifs is 1. The van der Waals surface area contributed by atoms with Crippen LogP contribution in [-0.2, 0) is 6.18 Å². The van der Waals surface area contributed by atoms with Crippen LogP contribution < -0.4 is 5.73 Å². The number of azo groups is 1. The van der Waals surface area contributed by atoms with Crippen molar-refractivity contribution in [3.8, 4) is 5.75 Å². The second-order valence-electron chi connectivity index (χ2n) is 5.74. The van der Waals surface area contributed by atoms with Gasteiger partial charge in [-0.2, -0.15) is 13.2 Å². The number of hydrogen-bond donors (Lipinski definition) is 2. The first-order valence-electron chi connectivity index (χ1n) is 7.47. The number of benzene rings is 3. The summed E-state index contributed by atoms with van der Waals surface area (Å²) < 4.78 is 39.4. The zero-order valence-electron chi connectivity index (χ0n) is 13.5. The van der Waals surface area contributed by atoms with Gasteiger partial charge in [0.05, 0.1) is 22.3 Å². The number of nitrogens with two attached hydrogens (primary N) is 1. The SMILES string of the molecule is Cc1cc(O)c2c(/N=N/c3cc(Cl)ccc3C(F)(F)F)c(N)ccc2c1. The molecular weight excluding hydrogens is 367 g/mol. The Kier molecular flexibility index (Phi) is 4.50. The highest BCUT2D eigenvalue weighted by Crippen LogP contribution is 2.42. The van der Waals surface area contributed by atoms with Crippen molar-refractivity contribution >= 4 is 39.4 Å². The Bertz CT molecular complexity index is 1030. The predicted molar refractivity (Wildman–Crippen MR) is 95.4 cm³/mol. The molecule has 0 aliphatic heterocycles. The fourth-order valence-corrected chi connectivity index (χ4v) is 2.79. The zero-order chi connectivity index (χ0) is 19.1. The fraction of sp³-hybridized carbons (Fsp3) is 0.111. The molecule has 3 aromatic rings. The van der Waals surface area contributed by atoms with Crippen LogP contribution in [0.2, 0.25) is 5.02 Å². The van der Waals surface area contributed by atoms with Crippen molar-refractivity contribution in [1.82, 2.24) is 0 Å². The molecule has 0 heterocycles. The summed E-state index contributed by atoms with van der Waals surface area (Å²) in [6, 6.07) is 9.60. The summed E-state index contributed by atoms with van der Waals surface area (Å²) in [5, 5.41) is 18.9. The number of phenols is 1. The third-order valence-corrected chi connectivity index (χ3v) is 4.00. The summed E-state index contributed by atoms with van der Waals surface area (Å²) in [7, 11) is 0. The number of nitrogen functional groups attached to an aromatic ring is 1. The van der Waals surface area contributed by atoms with Gasteiger partial charge >= 0.3 is 6.18 Å². The Morgan fingerprint density at radius 2 is 1.77 bits per heavy atom. The summed E-state index contributed by atoms with van der Waals surface area (Å²) in [4.78, 5) is 0. The van der Waals surface area contributed by atoms with Crippen LogP contribution in [0.5, 0.6) is 5.75 Å². The Hall–Kier alpha value is -2.80. The lowest BCUT2D eigenvalue weighted by molar-refractivity contribution is -0.137. The summed E-state index contributed by atoms with van der Waals surface area (Å²) >= 11 is 5.78. The number of rotatable bonds is 2. The van der Waals surface area contributed by atoms with E-state index in [-0.39, 0.29) is 22.1 Å². The highest BCUT2D eigenvalue weighted by atomic mass is 35.5. The average Bonchev–Trinajstić information content (AvgIpc) is 2.53. The molecule has 134 valence electrons. The third-order valence-electron chi connectivity index (χ3n) is 3.77. The van der Waals surface area contributed by atoms with Gasteiger partial charge in [-0.15, -0.1) is 10.2 Å². The van der Waals surface area contributed by atoms with E-state index in [1.807, 2.05) is 0 Å². The number of aromatic hydroxyl groups is 1. The van der Waals surface area contributed by atoms with E-state index < -0.39 is 17.4 Å². The van der Waals surface area contributed by atoms with E-state index >= 15 is 0 Å². The first-order valence-corrected chi connectivity index (χ1v) is 7.85. The van der Waals surface area contributed by atoms with E-state index in [0.29, 0.717) is 10.8 Å². The number of halogens is 4. The van der Waals surface area contributed by atoms with Crippen LogP contribution in [0.1, 0.15) is 11.1 Å². The monoisotopic (exact) mass is 379 g/mol. The van der Waals surface area contributed by atoms with Crippen molar-refractivity contribution in [3.63, 3.8) is 0 Å². The number of anilines is 1. The zero-order valence-corrected chi connectivity index (χ0v) is 14.2. The second-order valence-corrected chi connectivity index (χ2v) is 6.18. The van der Waals surface area contributed by atoms with Gasteiger partial charge < -0.3 is 10.8 Å². The maximum absolute atomic E-state index is 13.1. The number of phenolic OH excluding ortho intramolecular Hbond substituents is 1. The summed E-state index contributed by atoms with van der Waals surface area (Å²) in [5.41, 5.74) is 5.58. The molecule has 0 aliphatic carbocycles. The molecule has 3 N–H and O–H groups in total. The minimum Gasteiger partial charge on any atom is -0.507 e. The quantitative estimate of drug-likeness (QED) is 0.393. The summed E-state index contributed by atoms with van der Waals surface area (Å²) in [5.74, 6) is -0.0802. The molecule has 3 aromatic carbocycles. The van der Waals surface area contributed by atoms with Crippen LogP contribution in [0.4, 0.5) is 30.2 Å². The molecule has 0 aliphatic rings. The molecule has 0 amide bonds. The standard InChI is InChI=1S/C18H13ClF3N3O/c1-9-6-10-2-5-13(23)17(16(10)15(26)7-9)25-24-14-8-11(19)3-4-12(14)18(20,21)22/h2-8,26H,23H2,1H3/b25-24+. The molecule has 0 aromatic heterocycles. The van der Waals surface area contributed by atoms with Crippen LogP contribution >= 0.6 is 11.6 Å². The molecule has 0 radical (unpaired) electrons. The van der Waals surface area contributed by atoms with Crippen LogP contribution in [-0.4, -0.2) is 5.11 Å². The van der Waals surface area contributed by atoms with Gasteiger partial charge in [0.1, 0.15) is 11.4 Å². The van der Waals surface area contributed by atoms with E-state index in [1.54, 1.807) is 25.1 Å². The van der Waals surface area contributed by atoms with Gasteiger partial charge in [-0.25, -0.2) is 0 Å². The molecule has 0 spiro atoms. The molecule has 4 nitrogen and oxygen atoms in total. The minimum atomic E-state index is -4.61. The van der Waals surface area contributed by atoms with Gasteiger partial charge in [0.25, 0.3) is 0 Å². The van der Waals surface area contributed by atoms with Gasteiger partial charge in [-0.1, -0.05) is 23.7 Å². The van der Waals surface area contributed by atoms with Gasteiger partial charge in [-0.3, -0.25) is 0 Å². The van der Waals surface area contributed by atoms with Gasteiger partial charge in [0, 0.05) is 5.02 Å². The molecular formula is C18H13ClF3N3O. The predicted octanol–water partition coefficient (Wildman–Crippen LogP) is 6.52. The second kappa shape index (κ2) is 6.49. The summed E-state index contributed by atoms with van der Waals surface area (Å²) in [6.07, 6.45) is -4.61. The minimum absolute atomic E-state index is 0.0802. The Morgan fingerprint density at radius 3 is 2.46 bits per heavy atom. The maximum Gasteiger partial charge on any atom is 0.418 e. The molecule has 0 bridgehead atoms. The normalized spacial score (nSPS) is 12.2. The largest absolute Gasteiger partial charge is 0.507 e. The van der Waals surface area contributed by atoms with Crippen molar-refractivity contribution in [2.24, 2.45) is 10.2 Å². The maximum atomic E-state index is 13.1. The van der Waals surface area contributed by atoms with Crippen molar-refractivity contribution in [2.75, 3.05) is 5.73 Å². The van der Waals surface area contributed by atoms with E-state index in [1.165, 1.54) is 6.07 Å².